The van der Waals surface area contributed by atoms with Crippen LogP contribution in [0.2, 0.25) is 0 Å². The zero-order valence-corrected chi connectivity index (χ0v) is 15.4. The van der Waals surface area contributed by atoms with E-state index < -0.39 is 23.0 Å². The number of aromatic nitrogens is 1. The number of fused-ring (bicyclic) bond motifs is 2. The summed E-state index contributed by atoms with van der Waals surface area (Å²) in [6.07, 6.45) is -1.77. The second-order valence-corrected chi connectivity index (χ2v) is 7.08. The lowest BCUT2D eigenvalue weighted by Gasteiger charge is -2.20. The number of carboxylic acids is 2. The maximum absolute atomic E-state index is 12.5. The summed E-state index contributed by atoms with van der Waals surface area (Å²) in [6, 6.07) is 8.19. The van der Waals surface area contributed by atoms with E-state index >= 15 is 0 Å². The predicted molar refractivity (Wildman–Crippen MR) is 98.9 cm³/mol. The molecule has 1 amide bonds. The number of aliphatic carboxylic acids is 1. The van der Waals surface area contributed by atoms with Crippen molar-refractivity contribution >= 4 is 40.3 Å². The minimum atomic E-state index is -5.08. The van der Waals surface area contributed by atoms with Gasteiger partial charge in [-0.2, -0.15) is 18.3 Å². The molecule has 4 N–H and O–H groups in total. The van der Waals surface area contributed by atoms with Crippen LogP contribution in [0.5, 0.6) is 0 Å². The third-order valence-corrected chi connectivity index (χ3v) is 5.25. The number of hydrazone groups is 1. The quantitative estimate of drug-likeness (QED) is 0.557. The van der Waals surface area contributed by atoms with Crippen LogP contribution in [0.25, 0.3) is 0 Å². The molecule has 2 aliphatic rings. The van der Waals surface area contributed by atoms with E-state index in [0.717, 1.165) is 5.56 Å². The molecule has 0 saturated heterocycles. The Labute approximate surface area is 170 Å². The van der Waals surface area contributed by atoms with Gasteiger partial charge in [-0.1, -0.05) is 11.8 Å². The van der Waals surface area contributed by atoms with Gasteiger partial charge in [0.25, 0.3) is 5.91 Å². The van der Waals surface area contributed by atoms with E-state index in [0.29, 0.717) is 16.3 Å². The molecule has 0 fully saturated rings. The number of halogens is 3. The molecule has 2 aliphatic heterocycles. The van der Waals surface area contributed by atoms with E-state index in [1.54, 1.807) is 24.5 Å². The molecule has 0 saturated carbocycles. The monoisotopic (exact) mass is 440 g/mol. The van der Waals surface area contributed by atoms with Gasteiger partial charge in [-0.15, -0.1) is 0 Å². The number of nitrogens with zero attached hydrogens (tertiary/aromatic N) is 2. The minimum absolute atomic E-state index is 0.122. The van der Waals surface area contributed by atoms with Gasteiger partial charge >= 0.3 is 18.1 Å². The number of benzene rings is 1. The van der Waals surface area contributed by atoms with Crippen molar-refractivity contribution in [2.24, 2.45) is 5.10 Å². The lowest BCUT2D eigenvalue weighted by Crippen LogP contribution is -2.39. The number of carbonyl (C=O) groups is 3. The SMILES string of the molecule is O=C(O)C(F)(F)F.O=C(O)c1ccc2c(c1)C1(NN=C(c3cccnc3)S1)C(=O)N2. The van der Waals surface area contributed by atoms with Crippen LogP contribution in [0.1, 0.15) is 21.5 Å². The Balaban J connectivity index is 0.000000318. The first-order valence-electron chi connectivity index (χ1n) is 7.98. The summed E-state index contributed by atoms with van der Waals surface area (Å²) in [7, 11) is 0. The van der Waals surface area contributed by atoms with E-state index in [4.69, 9.17) is 9.90 Å². The molecule has 0 aliphatic carbocycles. The van der Waals surface area contributed by atoms with Gasteiger partial charge in [-0.3, -0.25) is 15.2 Å². The van der Waals surface area contributed by atoms with Crippen molar-refractivity contribution in [2.45, 2.75) is 11.0 Å². The zero-order valence-electron chi connectivity index (χ0n) is 14.6. The molecule has 0 radical (unpaired) electrons. The van der Waals surface area contributed by atoms with E-state index in [1.807, 2.05) is 6.07 Å². The summed E-state index contributed by atoms with van der Waals surface area (Å²) in [5.74, 6) is -4.08. The first kappa shape index (κ1) is 21.1. The summed E-state index contributed by atoms with van der Waals surface area (Å²) in [5, 5.41) is 23.9. The molecule has 0 bridgehead atoms. The van der Waals surface area contributed by atoms with Crippen molar-refractivity contribution in [3.8, 4) is 0 Å². The van der Waals surface area contributed by atoms with Crippen molar-refractivity contribution in [3.05, 3.63) is 59.4 Å². The molecular weight excluding hydrogens is 429 g/mol. The van der Waals surface area contributed by atoms with Gasteiger partial charge < -0.3 is 15.5 Å². The lowest BCUT2D eigenvalue weighted by atomic mass is 10.0. The predicted octanol–water partition coefficient (Wildman–Crippen LogP) is 2.22. The molecule has 156 valence electrons. The van der Waals surface area contributed by atoms with Crippen molar-refractivity contribution in [2.75, 3.05) is 5.32 Å². The molecular formula is C17H11F3N4O5S. The molecule has 1 unspecified atom stereocenters. The highest BCUT2D eigenvalue weighted by Gasteiger charge is 2.52. The standard InChI is InChI=1S/C15H10N4O3S.C2HF3O2/c20-13(21)8-3-4-11-10(6-8)15(14(22)17-11)19-18-12(23-15)9-2-1-5-16-7-9;3-2(4,5)1(6)7/h1-7,19H,(H,17,22)(H,20,21);(H,6,7). The smallest absolute Gasteiger partial charge is 0.478 e. The summed E-state index contributed by atoms with van der Waals surface area (Å²) in [4.78, 5) is 35.5. The maximum Gasteiger partial charge on any atom is 0.490 e. The van der Waals surface area contributed by atoms with Crippen LogP contribution in [0, 0.1) is 0 Å². The Morgan fingerprint density at radius 1 is 1.17 bits per heavy atom. The Morgan fingerprint density at radius 2 is 1.87 bits per heavy atom. The number of hydrogen-bond acceptors (Lipinski definition) is 7. The van der Waals surface area contributed by atoms with E-state index in [-0.39, 0.29) is 11.5 Å². The minimum Gasteiger partial charge on any atom is -0.478 e. The summed E-state index contributed by atoms with van der Waals surface area (Å²) >= 11 is 1.24. The number of alkyl halides is 3. The summed E-state index contributed by atoms with van der Waals surface area (Å²) in [5.41, 5.74) is 4.93. The molecule has 1 aromatic heterocycles. The first-order valence-corrected chi connectivity index (χ1v) is 8.80. The van der Waals surface area contributed by atoms with Crippen molar-refractivity contribution in [1.82, 2.24) is 10.4 Å². The van der Waals surface area contributed by atoms with E-state index in [2.05, 4.69) is 20.8 Å². The number of pyridine rings is 1. The van der Waals surface area contributed by atoms with Crippen LogP contribution in [0.15, 0.2) is 47.8 Å². The Kier molecular flexibility index (Phi) is 5.39. The van der Waals surface area contributed by atoms with Crippen LogP contribution >= 0.6 is 11.8 Å². The Hall–Kier alpha value is -3.61. The highest BCUT2D eigenvalue weighted by molar-refractivity contribution is 8.16. The summed E-state index contributed by atoms with van der Waals surface area (Å²) < 4.78 is 31.7. The molecule has 13 heteroatoms. The van der Waals surface area contributed by atoms with Crippen LogP contribution in [0.3, 0.4) is 0 Å². The Bertz CT molecular complexity index is 1060. The largest absolute Gasteiger partial charge is 0.490 e. The van der Waals surface area contributed by atoms with Gasteiger partial charge in [0.15, 0.2) is 0 Å². The average Bonchev–Trinajstić information content (AvgIpc) is 3.25. The first-order chi connectivity index (χ1) is 14.0. The number of nitrogens with one attached hydrogen (secondary N) is 2. The number of rotatable bonds is 2. The third kappa shape index (κ3) is 3.91. The number of thioether (sulfide) groups is 1. The maximum atomic E-state index is 12.5. The van der Waals surface area contributed by atoms with Gasteiger partial charge in [0.2, 0.25) is 4.87 Å². The van der Waals surface area contributed by atoms with E-state index in [1.165, 1.54) is 23.9 Å². The van der Waals surface area contributed by atoms with Gasteiger partial charge in [-0.25, -0.2) is 9.59 Å². The molecule has 30 heavy (non-hydrogen) atoms. The van der Waals surface area contributed by atoms with Gasteiger partial charge in [0.05, 0.1) is 5.56 Å². The highest BCUT2D eigenvalue weighted by atomic mass is 32.2. The van der Waals surface area contributed by atoms with Crippen molar-refractivity contribution in [1.29, 1.82) is 0 Å². The Morgan fingerprint density at radius 3 is 2.43 bits per heavy atom. The number of hydrogen-bond donors (Lipinski definition) is 4. The van der Waals surface area contributed by atoms with Crippen LogP contribution in [-0.4, -0.2) is 44.3 Å². The number of carboxylic acid groups (broad SMARTS) is 2. The highest BCUT2D eigenvalue weighted by Crippen LogP contribution is 2.48. The number of anilines is 1. The fourth-order valence-corrected chi connectivity index (χ4v) is 3.69. The van der Waals surface area contributed by atoms with Crippen LogP contribution in [-0.2, 0) is 14.5 Å². The molecule has 9 nitrogen and oxygen atoms in total. The number of amides is 1. The zero-order chi connectivity index (χ0) is 22.1. The molecule has 3 heterocycles. The number of carbonyl (C=O) groups excluding carboxylic acids is 1. The second-order valence-electron chi connectivity index (χ2n) is 5.88. The third-order valence-electron chi connectivity index (χ3n) is 3.93. The van der Waals surface area contributed by atoms with Crippen LogP contribution in [0.4, 0.5) is 18.9 Å². The topological polar surface area (TPSA) is 141 Å². The van der Waals surface area contributed by atoms with Crippen LogP contribution < -0.4 is 10.7 Å². The average molecular weight is 440 g/mol. The fourth-order valence-electron chi connectivity index (χ4n) is 2.56. The van der Waals surface area contributed by atoms with Crippen molar-refractivity contribution < 1.29 is 37.8 Å². The number of aromatic carboxylic acids is 1. The molecule has 1 atom stereocenters. The van der Waals surface area contributed by atoms with Gasteiger partial charge in [0, 0.05) is 29.2 Å². The lowest BCUT2D eigenvalue weighted by molar-refractivity contribution is -0.192. The fraction of sp³-hybridized carbons (Fsp3) is 0.118. The molecule has 4 rings (SSSR count). The van der Waals surface area contributed by atoms with Crippen molar-refractivity contribution in [3.63, 3.8) is 0 Å². The normalized spacial score (nSPS) is 19.2. The van der Waals surface area contributed by atoms with Gasteiger partial charge in [-0.05, 0) is 30.3 Å². The molecule has 2 aromatic rings. The van der Waals surface area contributed by atoms with Gasteiger partial charge in [0.1, 0.15) is 5.04 Å². The molecule has 1 aromatic carbocycles. The second kappa shape index (κ2) is 7.67. The summed E-state index contributed by atoms with van der Waals surface area (Å²) in [6.45, 7) is 0. The van der Waals surface area contributed by atoms with E-state index in [9.17, 15) is 27.9 Å². The molecule has 1 spiro atoms.